The van der Waals surface area contributed by atoms with Crippen molar-refractivity contribution in [2.75, 3.05) is 6.61 Å². The minimum absolute atomic E-state index is 0.248. The lowest BCUT2D eigenvalue weighted by atomic mass is 10.0. The lowest BCUT2D eigenvalue weighted by Crippen LogP contribution is -2.16. The summed E-state index contributed by atoms with van der Waals surface area (Å²) in [6, 6.07) is 13.2. The van der Waals surface area contributed by atoms with E-state index in [9.17, 15) is 13.2 Å². The zero-order valence-electron chi connectivity index (χ0n) is 14.5. The van der Waals surface area contributed by atoms with E-state index in [2.05, 4.69) is 14.7 Å². The Morgan fingerprint density at radius 2 is 1.30 bits per heavy atom. The molecule has 0 saturated carbocycles. The van der Waals surface area contributed by atoms with Crippen LogP contribution >= 0.6 is 0 Å². The van der Waals surface area contributed by atoms with Gasteiger partial charge in [0.2, 0.25) is 0 Å². The number of alkyl halides is 3. The van der Waals surface area contributed by atoms with E-state index < -0.39 is 6.36 Å². The quantitative estimate of drug-likeness (QED) is 0.572. The zero-order chi connectivity index (χ0) is 19.3. The Morgan fingerprint density at radius 3 is 1.81 bits per heavy atom. The number of benzene rings is 2. The predicted octanol–water partition coefficient (Wildman–Crippen LogP) is 5.50. The Morgan fingerprint density at radius 1 is 0.778 bits per heavy atom. The first-order valence-electron chi connectivity index (χ1n) is 8.36. The number of nitrogens with zero attached hydrogens (tertiary/aromatic N) is 2. The first-order valence-corrected chi connectivity index (χ1v) is 8.36. The van der Waals surface area contributed by atoms with E-state index >= 15 is 0 Å². The van der Waals surface area contributed by atoms with E-state index in [4.69, 9.17) is 4.74 Å². The fourth-order valence-electron chi connectivity index (χ4n) is 2.42. The van der Waals surface area contributed by atoms with Crippen LogP contribution in [0, 0.1) is 0 Å². The molecule has 140 valence electrons. The zero-order valence-corrected chi connectivity index (χ0v) is 14.5. The number of hydrogen-bond donors (Lipinski definition) is 0. The normalized spacial score (nSPS) is 11.3. The van der Waals surface area contributed by atoms with Crippen LogP contribution in [-0.2, 0) is 0 Å². The van der Waals surface area contributed by atoms with Crippen LogP contribution in [-0.4, -0.2) is 22.9 Å². The van der Waals surface area contributed by atoms with Crippen LogP contribution in [0.5, 0.6) is 11.5 Å². The monoisotopic (exact) mass is 374 g/mol. The highest BCUT2D eigenvalue weighted by Gasteiger charge is 2.30. The van der Waals surface area contributed by atoms with Gasteiger partial charge in [0, 0.05) is 5.56 Å². The van der Waals surface area contributed by atoms with E-state index in [0.717, 1.165) is 23.1 Å². The molecule has 0 spiro atoms. The molecular formula is C20H17F3N2O2. The van der Waals surface area contributed by atoms with Gasteiger partial charge in [0.05, 0.1) is 19.0 Å². The number of hydrogen-bond acceptors (Lipinski definition) is 4. The molecule has 1 aromatic heterocycles. The second-order valence-corrected chi connectivity index (χ2v) is 5.74. The van der Waals surface area contributed by atoms with E-state index in [1.165, 1.54) is 12.1 Å². The van der Waals surface area contributed by atoms with Gasteiger partial charge < -0.3 is 9.47 Å². The summed E-state index contributed by atoms with van der Waals surface area (Å²) in [5.41, 5.74) is 2.47. The number of rotatable bonds is 6. The van der Waals surface area contributed by atoms with E-state index in [1.807, 2.05) is 31.2 Å². The molecule has 0 aliphatic rings. The predicted molar refractivity (Wildman–Crippen MR) is 95.4 cm³/mol. The van der Waals surface area contributed by atoms with Crippen molar-refractivity contribution in [2.45, 2.75) is 19.7 Å². The molecule has 3 rings (SSSR count). The Hall–Kier alpha value is -3.09. The molecule has 0 fully saturated rings. The average Bonchev–Trinajstić information content (AvgIpc) is 2.66. The smallest absolute Gasteiger partial charge is 0.490 e. The van der Waals surface area contributed by atoms with Gasteiger partial charge in [-0.3, -0.25) is 0 Å². The van der Waals surface area contributed by atoms with Crippen molar-refractivity contribution in [3.8, 4) is 34.0 Å². The highest BCUT2D eigenvalue weighted by molar-refractivity contribution is 5.68. The topological polar surface area (TPSA) is 44.2 Å². The Kier molecular flexibility index (Phi) is 5.59. The van der Waals surface area contributed by atoms with Gasteiger partial charge in [-0.1, -0.05) is 43.3 Å². The van der Waals surface area contributed by atoms with Gasteiger partial charge in [-0.05, 0) is 29.7 Å². The van der Waals surface area contributed by atoms with Crippen LogP contribution in [0.4, 0.5) is 13.2 Å². The van der Waals surface area contributed by atoms with Crippen LogP contribution in [0.1, 0.15) is 13.3 Å². The SMILES string of the molecule is CCCOc1cnc(-c2ccc(-c3ccc(OC(F)(F)F)cc3)cc2)nc1. The minimum atomic E-state index is -4.69. The molecule has 3 aromatic rings. The molecule has 0 radical (unpaired) electrons. The number of halogens is 3. The molecule has 7 heteroatoms. The third kappa shape index (κ3) is 5.20. The lowest BCUT2D eigenvalue weighted by molar-refractivity contribution is -0.274. The maximum absolute atomic E-state index is 12.2. The number of ether oxygens (including phenoxy) is 2. The lowest BCUT2D eigenvalue weighted by Gasteiger charge is -2.09. The van der Waals surface area contributed by atoms with Crippen LogP contribution in [0.15, 0.2) is 60.9 Å². The van der Waals surface area contributed by atoms with Gasteiger partial charge in [0.15, 0.2) is 11.6 Å². The van der Waals surface area contributed by atoms with Gasteiger partial charge >= 0.3 is 6.36 Å². The summed E-state index contributed by atoms with van der Waals surface area (Å²) in [6.45, 7) is 2.64. The van der Waals surface area contributed by atoms with Crippen LogP contribution < -0.4 is 9.47 Å². The fourth-order valence-corrected chi connectivity index (χ4v) is 2.42. The van der Waals surface area contributed by atoms with Crippen molar-refractivity contribution >= 4 is 0 Å². The molecule has 2 aromatic carbocycles. The van der Waals surface area contributed by atoms with E-state index in [0.29, 0.717) is 18.2 Å². The summed E-state index contributed by atoms with van der Waals surface area (Å²) in [5, 5.41) is 0. The summed E-state index contributed by atoms with van der Waals surface area (Å²) in [5.74, 6) is 0.944. The third-order valence-electron chi connectivity index (χ3n) is 3.67. The molecule has 1 heterocycles. The van der Waals surface area contributed by atoms with Crippen molar-refractivity contribution in [3.05, 3.63) is 60.9 Å². The molecule has 4 nitrogen and oxygen atoms in total. The third-order valence-corrected chi connectivity index (χ3v) is 3.67. The number of aromatic nitrogens is 2. The summed E-state index contributed by atoms with van der Waals surface area (Å²) in [4.78, 5) is 8.58. The van der Waals surface area contributed by atoms with Gasteiger partial charge in [0.25, 0.3) is 0 Å². The first-order chi connectivity index (χ1) is 12.9. The summed E-state index contributed by atoms with van der Waals surface area (Å²) in [6.07, 6.45) is -0.524. The highest BCUT2D eigenvalue weighted by atomic mass is 19.4. The second-order valence-electron chi connectivity index (χ2n) is 5.74. The fraction of sp³-hybridized carbons (Fsp3) is 0.200. The van der Waals surface area contributed by atoms with E-state index in [-0.39, 0.29) is 5.75 Å². The van der Waals surface area contributed by atoms with Crippen molar-refractivity contribution in [1.29, 1.82) is 0 Å². The van der Waals surface area contributed by atoms with Crippen LogP contribution in [0.2, 0.25) is 0 Å². The maximum atomic E-state index is 12.2. The van der Waals surface area contributed by atoms with Crippen molar-refractivity contribution in [1.82, 2.24) is 9.97 Å². The molecule has 0 atom stereocenters. The highest BCUT2D eigenvalue weighted by Crippen LogP contribution is 2.27. The molecule has 0 bridgehead atoms. The Balaban J connectivity index is 1.71. The van der Waals surface area contributed by atoms with Crippen LogP contribution in [0.25, 0.3) is 22.5 Å². The molecule has 0 unspecified atom stereocenters. The molecule has 0 amide bonds. The summed E-state index contributed by atoms with van der Waals surface area (Å²) < 4.78 is 46.0. The minimum Gasteiger partial charge on any atom is -0.490 e. The maximum Gasteiger partial charge on any atom is 0.573 e. The van der Waals surface area contributed by atoms with Crippen molar-refractivity contribution < 1.29 is 22.6 Å². The van der Waals surface area contributed by atoms with Gasteiger partial charge in [-0.25, -0.2) is 9.97 Å². The van der Waals surface area contributed by atoms with E-state index in [1.54, 1.807) is 24.5 Å². The second kappa shape index (κ2) is 8.07. The first kappa shape index (κ1) is 18.7. The van der Waals surface area contributed by atoms with Crippen molar-refractivity contribution in [2.24, 2.45) is 0 Å². The molecule has 0 saturated heterocycles. The van der Waals surface area contributed by atoms with Crippen molar-refractivity contribution in [3.63, 3.8) is 0 Å². The largest absolute Gasteiger partial charge is 0.573 e. The standard InChI is InChI=1S/C20H17F3N2O2/c1-2-11-26-18-12-24-19(25-13-18)16-5-3-14(4-6-16)15-7-9-17(10-8-15)27-20(21,22)23/h3-10,12-13H,2,11H2,1H3. The Bertz CT molecular complexity index is 862. The van der Waals surface area contributed by atoms with Gasteiger partial charge in [-0.15, -0.1) is 13.2 Å². The molecule has 0 N–H and O–H groups in total. The van der Waals surface area contributed by atoms with Gasteiger partial charge in [-0.2, -0.15) is 0 Å². The average molecular weight is 374 g/mol. The Labute approximate surface area is 154 Å². The molecular weight excluding hydrogens is 357 g/mol. The van der Waals surface area contributed by atoms with Gasteiger partial charge in [0.1, 0.15) is 5.75 Å². The van der Waals surface area contributed by atoms with Crippen LogP contribution in [0.3, 0.4) is 0 Å². The molecule has 27 heavy (non-hydrogen) atoms. The summed E-state index contributed by atoms with van der Waals surface area (Å²) >= 11 is 0. The summed E-state index contributed by atoms with van der Waals surface area (Å²) in [7, 11) is 0. The molecule has 0 aliphatic heterocycles. The molecule has 0 aliphatic carbocycles.